The Labute approximate surface area is 184 Å². The zero-order chi connectivity index (χ0) is 21.5. The topological polar surface area (TPSA) is 84.0 Å². The standard InChI is InChI=1S/C23H23BrN4O2/c1-13-19(22(30)28-18-8-7-14(24)12-26-18)21(15-6-4-5-9-25-15)20-16(27-13)10-23(2,3)11-17(20)29/h4-9,12,21,27H,10-11H2,1-3H3,(H,26,28,30)/t21-/m0/s1. The minimum absolute atomic E-state index is 0.0592. The van der Waals surface area contributed by atoms with E-state index in [2.05, 4.69) is 50.4 Å². The number of pyridine rings is 2. The van der Waals surface area contributed by atoms with Gasteiger partial charge in [-0.1, -0.05) is 19.9 Å². The van der Waals surface area contributed by atoms with E-state index in [4.69, 9.17) is 0 Å². The fourth-order valence-electron chi connectivity index (χ4n) is 4.21. The molecule has 0 fully saturated rings. The molecule has 6 nitrogen and oxygen atoms in total. The maximum absolute atomic E-state index is 13.3. The number of rotatable bonds is 3. The first-order valence-corrected chi connectivity index (χ1v) is 10.6. The highest BCUT2D eigenvalue weighted by atomic mass is 79.9. The van der Waals surface area contributed by atoms with Crippen LogP contribution in [0.4, 0.5) is 5.82 Å². The molecule has 0 saturated carbocycles. The number of amides is 1. The lowest BCUT2D eigenvalue weighted by atomic mass is 9.69. The zero-order valence-corrected chi connectivity index (χ0v) is 18.7. The lowest BCUT2D eigenvalue weighted by molar-refractivity contribution is -0.118. The molecule has 0 radical (unpaired) electrons. The van der Waals surface area contributed by atoms with Gasteiger partial charge in [-0.15, -0.1) is 0 Å². The highest BCUT2D eigenvalue weighted by molar-refractivity contribution is 9.10. The predicted octanol–water partition coefficient (Wildman–Crippen LogP) is 4.48. The smallest absolute Gasteiger partial charge is 0.255 e. The fourth-order valence-corrected chi connectivity index (χ4v) is 4.45. The van der Waals surface area contributed by atoms with Gasteiger partial charge in [-0.05, 0) is 59.0 Å². The van der Waals surface area contributed by atoms with Gasteiger partial charge in [0.25, 0.3) is 5.91 Å². The predicted molar refractivity (Wildman–Crippen MR) is 118 cm³/mol. The number of hydrogen-bond donors (Lipinski definition) is 2. The van der Waals surface area contributed by atoms with E-state index in [1.165, 1.54) is 0 Å². The molecule has 0 spiro atoms. The van der Waals surface area contributed by atoms with Crippen LogP contribution in [0.25, 0.3) is 0 Å². The van der Waals surface area contributed by atoms with E-state index < -0.39 is 5.92 Å². The molecule has 2 N–H and O–H groups in total. The largest absolute Gasteiger partial charge is 0.362 e. The van der Waals surface area contributed by atoms with E-state index in [1.807, 2.05) is 31.2 Å². The number of carbonyl (C=O) groups is 2. The Morgan fingerprint density at radius 2 is 2.00 bits per heavy atom. The number of hydrogen-bond acceptors (Lipinski definition) is 5. The van der Waals surface area contributed by atoms with Crippen LogP contribution in [0.15, 0.2) is 69.7 Å². The lowest BCUT2D eigenvalue weighted by Crippen LogP contribution is -2.39. The van der Waals surface area contributed by atoms with Crippen molar-refractivity contribution in [3.05, 3.63) is 75.4 Å². The number of anilines is 1. The molecule has 0 saturated heterocycles. The number of Topliss-reactive ketones (excluding diaryl/α,β-unsaturated/α-hetero) is 1. The monoisotopic (exact) mass is 466 g/mol. The van der Waals surface area contributed by atoms with Crippen LogP contribution in [0.5, 0.6) is 0 Å². The molecular formula is C23H23BrN4O2. The number of aromatic nitrogens is 2. The second kappa shape index (κ2) is 7.80. The molecule has 7 heteroatoms. The van der Waals surface area contributed by atoms with Crippen LogP contribution >= 0.6 is 15.9 Å². The van der Waals surface area contributed by atoms with Crippen molar-refractivity contribution in [1.29, 1.82) is 0 Å². The summed E-state index contributed by atoms with van der Waals surface area (Å²) in [5.74, 6) is -0.306. The van der Waals surface area contributed by atoms with Crippen molar-refractivity contribution in [3.63, 3.8) is 0 Å². The molecule has 30 heavy (non-hydrogen) atoms. The number of carbonyl (C=O) groups excluding carboxylic acids is 2. The first-order chi connectivity index (χ1) is 14.2. The molecule has 1 amide bonds. The Hall–Kier alpha value is -2.80. The zero-order valence-electron chi connectivity index (χ0n) is 17.1. The van der Waals surface area contributed by atoms with Crippen molar-refractivity contribution >= 4 is 33.4 Å². The molecule has 1 aliphatic heterocycles. The number of dihydropyridines is 1. The molecule has 2 aromatic rings. The maximum Gasteiger partial charge on any atom is 0.255 e. The summed E-state index contributed by atoms with van der Waals surface area (Å²) >= 11 is 3.35. The van der Waals surface area contributed by atoms with E-state index >= 15 is 0 Å². The number of nitrogens with one attached hydrogen (secondary N) is 2. The summed E-state index contributed by atoms with van der Waals surface area (Å²) in [6.07, 6.45) is 4.51. The molecular weight excluding hydrogens is 444 g/mol. The molecule has 4 rings (SSSR count). The summed E-state index contributed by atoms with van der Waals surface area (Å²) in [7, 11) is 0. The van der Waals surface area contributed by atoms with E-state index in [-0.39, 0.29) is 17.1 Å². The van der Waals surface area contributed by atoms with Crippen molar-refractivity contribution in [2.24, 2.45) is 5.41 Å². The Balaban J connectivity index is 1.78. The maximum atomic E-state index is 13.3. The van der Waals surface area contributed by atoms with Gasteiger partial charge < -0.3 is 10.6 Å². The Bertz CT molecular complexity index is 1070. The van der Waals surface area contributed by atoms with Gasteiger partial charge in [-0.25, -0.2) is 4.98 Å². The molecule has 1 aliphatic carbocycles. The molecule has 0 unspecified atom stereocenters. The van der Waals surface area contributed by atoms with E-state index in [0.717, 1.165) is 22.3 Å². The van der Waals surface area contributed by atoms with Crippen molar-refractivity contribution in [2.45, 2.75) is 39.5 Å². The third-order valence-corrected chi connectivity index (χ3v) is 5.91. The van der Waals surface area contributed by atoms with Crippen molar-refractivity contribution in [1.82, 2.24) is 15.3 Å². The summed E-state index contributed by atoms with van der Waals surface area (Å²) in [5.41, 5.74) is 3.32. The van der Waals surface area contributed by atoms with Gasteiger partial charge >= 0.3 is 0 Å². The minimum atomic E-state index is -0.513. The van der Waals surface area contributed by atoms with Gasteiger partial charge in [0, 0.05) is 45.8 Å². The van der Waals surface area contributed by atoms with Crippen LogP contribution in [0.1, 0.15) is 45.2 Å². The summed E-state index contributed by atoms with van der Waals surface area (Å²) in [5, 5.41) is 6.22. The average molecular weight is 467 g/mol. The first-order valence-electron chi connectivity index (χ1n) is 9.83. The van der Waals surface area contributed by atoms with Crippen molar-refractivity contribution in [2.75, 3.05) is 5.32 Å². The van der Waals surface area contributed by atoms with Crippen molar-refractivity contribution in [3.8, 4) is 0 Å². The molecule has 154 valence electrons. The highest BCUT2D eigenvalue weighted by Crippen LogP contribution is 2.46. The van der Waals surface area contributed by atoms with Gasteiger partial charge in [-0.2, -0.15) is 0 Å². The third kappa shape index (κ3) is 3.94. The van der Waals surface area contributed by atoms with Gasteiger partial charge in [0.2, 0.25) is 0 Å². The van der Waals surface area contributed by atoms with Crippen LogP contribution < -0.4 is 10.6 Å². The summed E-state index contributed by atoms with van der Waals surface area (Å²) in [6, 6.07) is 9.11. The number of nitrogens with zero attached hydrogens (tertiary/aromatic N) is 2. The second-order valence-corrected chi connectivity index (χ2v) is 9.42. The van der Waals surface area contributed by atoms with Gasteiger partial charge in [0.05, 0.1) is 11.6 Å². The Morgan fingerprint density at radius 3 is 2.67 bits per heavy atom. The molecule has 3 heterocycles. The van der Waals surface area contributed by atoms with Gasteiger partial charge in [0.1, 0.15) is 5.82 Å². The summed E-state index contributed by atoms with van der Waals surface area (Å²) in [4.78, 5) is 35.3. The lowest BCUT2D eigenvalue weighted by Gasteiger charge is -2.39. The summed E-state index contributed by atoms with van der Waals surface area (Å²) in [6.45, 7) is 6.05. The Kier molecular flexibility index (Phi) is 5.32. The summed E-state index contributed by atoms with van der Waals surface area (Å²) < 4.78 is 0.826. The number of allylic oxidation sites excluding steroid dienone is 3. The second-order valence-electron chi connectivity index (χ2n) is 8.50. The van der Waals surface area contributed by atoms with Crippen LogP contribution in [0.2, 0.25) is 0 Å². The average Bonchev–Trinajstić information content (AvgIpc) is 2.68. The van der Waals surface area contributed by atoms with Crippen LogP contribution in [0, 0.1) is 5.41 Å². The SMILES string of the molecule is CC1=C(C(=O)Nc2ccc(Br)cn2)[C@H](c2ccccn2)C2=C(CC(C)(C)CC2=O)N1. The van der Waals surface area contributed by atoms with E-state index in [1.54, 1.807) is 18.5 Å². The van der Waals surface area contributed by atoms with Crippen LogP contribution in [-0.4, -0.2) is 21.7 Å². The Morgan fingerprint density at radius 1 is 1.20 bits per heavy atom. The first kappa shape index (κ1) is 20.5. The fraction of sp³-hybridized carbons (Fsp3) is 0.304. The molecule has 1 atom stereocenters. The number of ketones is 1. The number of halogens is 1. The van der Waals surface area contributed by atoms with E-state index in [0.29, 0.717) is 29.1 Å². The molecule has 2 aliphatic rings. The molecule has 0 aromatic carbocycles. The van der Waals surface area contributed by atoms with Crippen molar-refractivity contribution < 1.29 is 9.59 Å². The quantitative estimate of drug-likeness (QED) is 0.696. The van der Waals surface area contributed by atoms with Crippen LogP contribution in [0.3, 0.4) is 0 Å². The minimum Gasteiger partial charge on any atom is -0.362 e. The van der Waals surface area contributed by atoms with Gasteiger partial charge in [-0.3, -0.25) is 14.6 Å². The van der Waals surface area contributed by atoms with E-state index in [9.17, 15) is 9.59 Å². The molecule has 2 aromatic heterocycles. The van der Waals surface area contributed by atoms with Gasteiger partial charge in [0.15, 0.2) is 5.78 Å². The normalized spacial score (nSPS) is 20.5. The van der Waals surface area contributed by atoms with Crippen LogP contribution in [-0.2, 0) is 9.59 Å². The molecule has 0 bridgehead atoms. The third-order valence-electron chi connectivity index (χ3n) is 5.44. The highest BCUT2D eigenvalue weighted by Gasteiger charge is 2.43.